The molecule has 0 aliphatic heterocycles. The zero-order valence-corrected chi connectivity index (χ0v) is 12.4. The summed E-state index contributed by atoms with van der Waals surface area (Å²) in [4.78, 5) is 23.6. The topological polar surface area (TPSA) is 63.6 Å². The van der Waals surface area contributed by atoms with Crippen molar-refractivity contribution in [2.24, 2.45) is 23.7 Å². The lowest BCUT2D eigenvalue weighted by Crippen LogP contribution is -2.32. The van der Waals surface area contributed by atoms with E-state index in [1.165, 1.54) is 37.8 Å². The molecule has 5 atom stereocenters. The van der Waals surface area contributed by atoms with Gasteiger partial charge in [0.2, 0.25) is 0 Å². The van der Waals surface area contributed by atoms with E-state index in [1.807, 2.05) is 0 Å². The number of hydrogen-bond donors (Lipinski definition) is 1. The minimum absolute atomic E-state index is 0.0151. The number of carboxylic acid groups (broad SMARTS) is 1. The SMILES string of the molecule is O=C(O)c1ccccc1C(=O)O[C@H]1C[C@H]2C[C@@H]1[C@@H]1CCC[C@H]21. The summed E-state index contributed by atoms with van der Waals surface area (Å²) in [6.07, 6.45) is 6.06. The molecular formula is C18H20O4. The van der Waals surface area contributed by atoms with Gasteiger partial charge < -0.3 is 9.84 Å². The van der Waals surface area contributed by atoms with Crippen LogP contribution in [0.5, 0.6) is 0 Å². The number of ether oxygens (including phenoxy) is 1. The molecule has 3 aliphatic rings. The van der Waals surface area contributed by atoms with Crippen LogP contribution >= 0.6 is 0 Å². The summed E-state index contributed by atoms with van der Waals surface area (Å²) in [5.74, 6) is 1.22. The van der Waals surface area contributed by atoms with E-state index in [-0.39, 0.29) is 17.2 Å². The lowest BCUT2D eigenvalue weighted by Gasteiger charge is -2.31. The minimum Gasteiger partial charge on any atom is -0.478 e. The molecule has 3 saturated carbocycles. The summed E-state index contributed by atoms with van der Waals surface area (Å²) in [5, 5.41) is 9.20. The summed E-state index contributed by atoms with van der Waals surface area (Å²) >= 11 is 0. The molecule has 0 heterocycles. The van der Waals surface area contributed by atoms with Crippen LogP contribution in [0.25, 0.3) is 0 Å². The fraction of sp³-hybridized carbons (Fsp3) is 0.556. The Bertz CT molecular complexity index is 623. The van der Waals surface area contributed by atoms with Crippen molar-refractivity contribution in [2.45, 2.75) is 38.2 Å². The van der Waals surface area contributed by atoms with Gasteiger partial charge in [-0.3, -0.25) is 0 Å². The fourth-order valence-electron chi connectivity index (χ4n) is 5.19. The van der Waals surface area contributed by atoms with Gasteiger partial charge in [0.15, 0.2) is 0 Å². The maximum absolute atomic E-state index is 12.4. The Labute approximate surface area is 129 Å². The molecule has 0 spiro atoms. The van der Waals surface area contributed by atoms with E-state index >= 15 is 0 Å². The van der Waals surface area contributed by atoms with E-state index in [0.29, 0.717) is 11.8 Å². The third-order valence-corrected chi connectivity index (χ3v) is 6.00. The predicted octanol–water partition coefficient (Wildman–Crippen LogP) is 3.37. The van der Waals surface area contributed by atoms with Crippen LogP contribution in [-0.4, -0.2) is 23.1 Å². The van der Waals surface area contributed by atoms with Crippen molar-refractivity contribution in [1.82, 2.24) is 0 Å². The molecule has 3 fully saturated rings. The molecule has 4 nitrogen and oxygen atoms in total. The van der Waals surface area contributed by atoms with Gasteiger partial charge in [0.1, 0.15) is 6.10 Å². The fourth-order valence-corrected chi connectivity index (χ4v) is 5.19. The van der Waals surface area contributed by atoms with E-state index in [2.05, 4.69) is 0 Å². The lowest BCUT2D eigenvalue weighted by atomic mass is 9.80. The maximum Gasteiger partial charge on any atom is 0.339 e. The molecule has 1 aromatic rings. The number of aromatic carboxylic acids is 1. The van der Waals surface area contributed by atoms with E-state index in [1.54, 1.807) is 12.1 Å². The number of carbonyl (C=O) groups excluding carboxylic acids is 1. The molecule has 0 radical (unpaired) electrons. The first kappa shape index (κ1) is 13.8. The molecule has 116 valence electrons. The van der Waals surface area contributed by atoms with Gasteiger partial charge in [-0.2, -0.15) is 0 Å². The molecule has 4 heteroatoms. The van der Waals surface area contributed by atoms with Crippen LogP contribution in [0.2, 0.25) is 0 Å². The maximum atomic E-state index is 12.4. The highest BCUT2D eigenvalue weighted by Crippen LogP contribution is 2.59. The number of fused-ring (bicyclic) bond motifs is 5. The van der Waals surface area contributed by atoms with Crippen LogP contribution in [0.3, 0.4) is 0 Å². The lowest BCUT2D eigenvalue weighted by molar-refractivity contribution is 0.00115. The monoisotopic (exact) mass is 300 g/mol. The highest BCUT2D eigenvalue weighted by molar-refractivity contribution is 6.02. The van der Waals surface area contributed by atoms with Crippen molar-refractivity contribution in [3.05, 3.63) is 35.4 Å². The number of benzene rings is 1. The van der Waals surface area contributed by atoms with Gasteiger partial charge in [-0.05, 0) is 61.5 Å². The van der Waals surface area contributed by atoms with Gasteiger partial charge in [-0.15, -0.1) is 0 Å². The first-order valence-electron chi connectivity index (χ1n) is 8.18. The first-order chi connectivity index (χ1) is 10.6. The second-order valence-corrected chi connectivity index (χ2v) is 6.95. The Morgan fingerprint density at radius 2 is 1.73 bits per heavy atom. The van der Waals surface area contributed by atoms with Crippen LogP contribution in [0.1, 0.15) is 52.8 Å². The van der Waals surface area contributed by atoms with E-state index < -0.39 is 11.9 Å². The highest BCUT2D eigenvalue weighted by atomic mass is 16.5. The predicted molar refractivity (Wildman–Crippen MR) is 79.6 cm³/mol. The van der Waals surface area contributed by atoms with Crippen LogP contribution in [-0.2, 0) is 4.74 Å². The molecule has 0 amide bonds. The van der Waals surface area contributed by atoms with Crippen molar-refractivity contribution >= 4 is 11.9 Å². The van der Waals surface area contributed by atoms with Gasteiger partial charge in [0.05, 0.1) is 11.1 Å². The molecule has 0 saturated heterocycles. The average molecular weight is 300 g/mol. The largest absolute Gasteiger partial charge is 0.478 e. The van der Waals surface area contributed by atoms with E-state index in [4.69, 9.17) is 4.74 Å². The normalized spacial score (nSPS) is 35.4. The van der Waals surface area contributed by atoms with Gasteiger partial charge >= 0.3 is 11.9 Å². The highest BCUT2D eigenvalue weighted by Gasteiger charge is 2.55. The second-order valence-electron chi connectivity index (χ2n) is 6.95. The molecule has 1 N–H and O–H groups in total. The van der Waals surface area contributed by atoms with Crippen molar-refractivity contribution < 1.29 is 19.4 Å². The summed E-state index contributed by atoms with van der Waals surface area (Å²) in [6.45, 7) is 0. The van der Waals surface area contributed by atoms with Crippen LogP contribution in [0, 0.1) is 23.7 Å². The van der Waals surface area contributed by atoms with Crippen molar-refractivity contribution in [1.29, 1.82) is 0 Å². The molecule has 2 bridgehead atoms. The Morgan fingerprint density at radius 1 is 1.00 bits per heavy atom. The van der Waals surface area contributed by atoms with Crippen LogP contribution in [0.15, 0.2) is 24.3 Å². The number of carboxylic acids is 1. The van der Waals surface area contributed by atoms with Crippen molar-refractivity contribution in [3.8, 4) is 0 Å². The Balaban J connectivity index is 1.51. The first-order valence-corrected chi connectivity index (χ1v) is 8.18. The molecule has 0 unspecified atom stereocenters. The zero-order chi connectivity index (χ0) is 15.3. The molecule has 1 aromatic carbocycles. The summed E-state index contributed by atoms with van der Waals surface area (Å²) in [5.41, 5.74) is 0.190. The third-order valence-electron chi connectivity index (χ3n) is 6.00. The Morgan fingerprint density at radius 3 is 2.50 bits per heavy atom. The Hall–Kier alpha value is -1.84. The second kappa shape index (κ2) is 5.11. The zero-order valence-electron chi connectivity index (χ0n) is 12.4. The molecule has 4 rings (SSSR count). The number of hydrogen-bond acceptors (Lipinski definition) is 3. The van der Waals surface area contributed by atoms with Gasteiger partial charge in [-0.25, -0.2) is 9.59 Å². The smallest absolute Gasteiger partial charge is 0.339 e. The van der Waals surface area contributed by atoms with Crippen molar-refractivity contribution in [3.63, 3.8) is 0 Å². The van der Waals surface area contributed by atoms with Gasteiger partial charge in [0.25, 0.3) is 0 Å². The van der Waals surface area contributed by atoms with Gasteiger partial charge in [0, 0.05) is 0 Å². The standard InChI is InChI=1S/C18H20O4/c19-17(20)13-4-1-2-5-14(13)18(21)22-16-9-10-8-15(16)12-7-3-6-11(10)12/h1-2,4-5,10-12,15-16H,3,6-9H2,(H,19,20)/t10-,11-,12-,15-,16+/m1/s1. The van der Waals surface area contributed by atoms with Crippen LogP contribution < -0.4 is 0 Å². The quantitative estimate of drug-likeness (QED) is 0.869. The number of rotatable bonds is 3. The molecule has 0 aromatic heterocycles. The average Bonchev–Trinajstić information content (AvgIpc) is 3.19. The van der Waals surface area contributed by atoms with Crippen LogP contribution in [0.4, 0.5) is 0 Å². The van der Waals surface area contributed by atoms with E-state index in [9.17, 15) is 14.7 Å². The molecule has 22 heavy (non-hydrogen) atoms. The summed E-state index contributed by atoms with van der Waals surface area (Å²) in [6, 6.07) is 6.29. The Kier molecular flexibility index (Phi) is 3.21. The van der Waals surface area contributed by atoms with E-state index in [0.717, 1.165) is 18.3 Å². The summed E-state index contributed by atoms with van der Waals surface area (Å²) < 4.78 is 5.73. The third kappa shape index (κ3) is 2.04. The molecular weight excluding hydrogens is 280 g/mol. The summed E-state index contributed by atoms with van der Waals surface area (Å²) in [7, 11) is 0. The number of esters is 1. The number of carbonyl (C=O) groups is 2. The van der Waals surface area contributed by atoms with Crippen molar-refractivity contribution in [2.75, 3.05) is 0 Å². The van der Waals surface area contributed by atoms with Gasteiger partial charge in [-0.1, -0.05) is 18.6 Å². The molecule has 3 aliphatic carbocycles. The minimum atomic E-state index is -1.09.